The quantitative estimate of drug-likeness (QED) is 0.841. The summed E-state index contributed by atoms with van der Waals surface area (Å²) >= 11 is 0. The van der Waals surface area contributed by atoms with Crippen LogP contribution in [0.15, 0.2) is 24.3 Å². The van der Waals surface area contributed by atoms with Gasteiger partial charge in [-0.15, -0.1) is 0 Å². The molecule has 2 atom stereocenters. The Bertz CT molecular complexity index is 571. The van der Waals surface area contributed by atoms with E-state index >= 15 is 0 Å². The van der Waals surface area contributed by atoms with Gasteiger partial charge in [0.2, 0.25) is 11.8 Å². The highest BCUT2D eigenvalue weighted by atomic mass is 19.4. The Hall–Kier alpha value is -2.05. The van der Waals surface area contributed by atoms with E-state index < -0.39 is 35.5 Å². The van der Waals surface area contributed by atoms with Gasteiger partial charge in [-0.05, 0) is 24.0 Å². The zero-order valence-corrected chi connectivity index (χ0v) is 13.3. The summed E-state index contributed by atoms with van der Waals surface area (Å²) in [6, 6.07) is 4.05. The Morgan fingerprint density at radius 1 is 1.22 bits per heavy atom. The van der Waals surface area contributed by atoms with Crippen LogP contribution >= 0.6 is 0 Å². The van der Waals surface area contributed by atoms with Crippen molar-refractivity contribution in [2.45, 2.75) is 39.4 Å². The molecule has 0 aromatic heterocycles. The van der Waals surface area contributed by atoms with Crippen molar-refractivity contribution in [2.24, 2.45) is 17.6 Å². The molecule has 0 heterocycles. The van der Waals surface area contributed by atoms with Crippen molar-refractivity contribution >= 4 is 11.8 Å². The van der Waals surface area contributed by atoms with Crippen LogP contribution in [0.3, 0.4) is 0 Å². The first kappa shape index (κ1) is 19.0. The number of alkyl halides is 3. The molecule has 4 nitrogen and oxygen atoms in total. The van der Waals surface area contributed by atoms with Gasteiger partial charge < -0.3 is 11.1 Å². The first-order valence-corrected chi connectivity index (χ1v) is 7.28. The van der Waals surface area contributed by atoms with Crippen molar-refractivity contribution in [3.8, 4) is 0 Å². The number of nitrogens with one attached hydrogen (secondary N) is 1. The highest BCUT2D eigenvalue weighted by Gasteiger charge is 2.30. The molecule has 1 aromatic rings. The fourth-order valence-corrected chi connectivity index (χ4v) is 2.18. The molecule has 2 unspecified atom stereocenters. The van der Waals surface area contributed by atoms with Gasteiger partial charge in [0.05, 0.1) is 5.56 Å². The molecule has 23 heavy (non-hydrogen) atoms. The molecular formula is C16H21F3N2O2. The molecule has 0 aliphatic rings. The van der Waals surface area contributed by atoms with Crippen molar-refractivity contribution in [2.75, 3.05) is 0 Å². The molecule has 0 aliphatic heterocycles. The van der Waals surface area contributed by atoms with Gasteiger partial charge in [-0.1, -0.05) is 39.0 Å². The molecule has 2 amide bonds. The smallest absolute Gasteiger partial charge is 0.368 e. The summed E-state index contributed by atoms with van der Waals surface area (Å²) in [6.07, 6.45) is -4.28. The molecule has 0 bridgehead atoms. The molecule has 3 N–H and O–H groups in total. The monoisotopic (exact) mass is 330 g/mol. The van der Waals surface area contributed by atoms with Gasteiger partial charge >= 0.3 is 6.18 Å². The van der Waals surface area contributed by atoms with Gasteiger partial charge in [-0.25, -0.2) is 0 Å². The molecule has 0 spiro atoms. The van der Waals surface area contributed by atoms with Crippen LogP contribution in [0.25, 0.3) is 0 Å². The minimum atomic E-state index is -4.42. The second kappa shape index (κ2) is 7.48. The van der Waals surface area contributed by atoms with E-state index in [2.05, 4.69) is 5.32 Å². The van der Waals surface area contributed by atoms with E-state index in [-0.39, 0.29) is 12.3 Å². The Labute approximate surface area is 133 Å². The number of hydrogen-bond acceptors (Lipinski definition) is 2. The number of hydrogen-bond donors (Lipinski definition) is 2. The van der Waals surface area contributed by atoms with Gasteiger partial charge in [0, 0.05) is 5.92 Å². The number of primary amides is 1. The lowest BCUT2D eigenvalue weighted by atomic mass is 9.97. The van der Waals surface area contributed by atoms with Crippen LogP contribution in [0.2, 0.25) is 0 Å². The maximum Gasteiger partial charge on any atom is 0.416 e. The van der Waals surface area contributed by atoms with Crippen LogP contribution in [0.5, 0.6) is 0 Å². The number of halogens is 3. The van der Waals surface area contributed by atoms with Gasteiger partial charge in [0.25, 0.3) is 0 Å². The van der Waals surface area contributed by atoms with Gasteiger partial charge in [0.15, 0.2) is 0 Å². The summed E-state index contributed by atoms with van der Waals surface area (Å²) in [4.78, 5) is 23.4. The maximum atomic E-state index is 12.7. The van der Waals surface area contributed by atoms with Crippen molar-refractivity contribution in [3.05, 3.63) is 35.4 Å². The third-order valence-corrected chi connectivity index (χ3v) is 3.51. The van der Waals surface area contributed by atoms with E-state index in [4.69, 9.17) is 5.73 Å². The van der Waals surface area contributed by atoms with Crippen LogP contribution in [0.4, 0.5) is 13.2 Å². The molecule has 0 saturated heterocycles. The van der Waals surface area contributed by atoms with E-state index in [9.17, 15) is 22.8 Å². The van der Waals surface area contributed by atoms with Crippen LogP contribution in [-0.4, -0.2) is 17.9 Å². The minimum absolute atomic E-state index is 0.138. The Balaban J connectivity index is 2.77. The fraction of sp³-hybridized carbons (Fsp3) is 0.500. The number of nitrogens with two attached hydrogens (primary N) is 1. The van der Waals surface area contributed by atoms with E-state index in [0.29, 0.717) is 5.56 Å². The first-order valence-electron chi connectivity index (χ1n) is 7.28. The molecule has 1 aromatic carbocycles. The molecule has 0 fully saturated rings. The topological polar surface area (TPSA) is 72.2 Å². The van der Waals surface area contributed by atoms with Gasteiger partial charge in [-0.3, -0.25) is 9.59 Å². The standard InChI is InChI=1S/C16H21F3N2O2/c1-9(2)13(14(20)22)21-15(23)10(3)7-11-5-4-6-12(8-11)16(17,18)19/h4-6,8-10,13H,7H2,1-3H3,(H2,20,22)(H,21,23). The number of carbonyl (C=O) groups excluding carboxylic acids is 2. The summed E-state index contributed by atoms with van der Waals surface area (Å²) in [7, 11) is 0. The predicted octanol–water partition coefficient (Wildman–Crippen LogP) is 2.51. The number of carbonyl (C=O) groups is 2. The van der Waals surface area contributed by atoms with Crippen LogP contribution < -0.4 is 11.1 Å². The molecule has 1 rings (SSSR count). The lowest BCUT2D eigenvalue weighted by Gasteiger charge is -2.21. The maximum absolute atomic E-state index is 12.7. The average molecular weight is 330 g/mol. The lowest BCUT2D eigenvalue weighted by Crippen LogP contribution is -2.49. The Morgan fingerprint density at radius 3 is 2.30 bits per heavy atom. The summed E-state index contributed by atoms with van der Waals surface area (Å²) in [6.45, 7) is 5.08. The zero-order valence-electron chi connectivity index (χ0n) is 13.3. The van der Waals surface area contributed by atoms with Crippen molar-refractivity contribution < 1.29 is 22.8 Å². The summed E-state index contributed by atoms with van der Waals surface area (Å²) in [5, 5.41) is 2.55. The molecule has 0 saturated carbocycles. The second-order valence-electron chi connectivity index (χ2n) is 5.94. The largest absolute Gasteiger partial charge is 0.416 e. The van der Waals surface area contributed by atoms with Crippen LogP contribution in [-0.2, 0) is 22.2 Å². The SMILES string of the molecule is CC(Cc1cccc(C(F)(F)F)c1)C(=O)NC(C(N)=O)C(C)C. The third-order valence-electron chi connectivity index (χ3n) is 3.51. The molecular weight excluding hydrogens is 309 g/mol. The highest BCUT2D eigenvalue weighted by Crippen LogP contribution is 2.30. The normalized spacial score (nSPS) is 14.4. The van der Waals surface area contributed by atoms with E-state index in [1.165, 1.54) is 12.1 Å². The van der Waals surface area contributed by atoms with Crippen LogP contribution in [0.1, 0.15) is 31.9 Å². The number of benzene rings is 1. The summed E-state index contributed by atoms with van der Waals surface area (Å²) in [5.41, 5.74) is 4.88. The average Bonchev–Trinajstić information content (AvgIpc) is 2.43. The molecule has 0 aliphatic carbocycles. The van der Waals surface area contributed by atoms with Gasteiger partial charge in [-0.2, -0.15) is 13.2 Å². The molecule has 128 valence electrons. The van der Waals surface area contributed by atoms with E-state index in [1.807, 2.05) is 0 Å². The third kappa shape index (κ3) is 5.58. The highest BCUT2D eigenvalue weighted by molar-refractivity contribution is 5.87. The molecule has 0 radical (unpaired) electrons. The second-order valence-corrected chi connectivity index (χ2v) is 5.94. The summed E-state index contributed by atoms with van der Waals surface area (Å²) in [5.74, 6) is -1.81. The van der Waals surface area contributed by atoms with Crippen LogP contribution in [0, 0.1) is 11.8 Å². The van der Waals surface area contributed by atoms with Crippen molar-refractivity contribution in [3.63, 3.8) is 0 Å². The van der Waals surface area contributed by atoms with E-state index in [0.717, 1.165) is 12.1 Å². The van der Waals surface area contributed by atoms with E-state index in [1.54, 1.807) is 20.8 Å². The number of rotatable bonds is 6. The Kier molecular flexibility index (Phi) is 6.18. The first-order chi connectivity index (χ1) is 10.5. The van der Waals surface area contributed by atoms with Crippen molar-refractivity contribution in [1.82, 2.24) is 5.32 Å². The zero-order chi connectivity index (χ0) is 17.8. The number of amides is 2. The molecule has 7 heteroatoms. The fourth-order valence-electron chi connectivity index (χ4n) is 2.18. The summed E-state index contributed by atoms with van der Waals surface area (Å²) < 4.78 is 38.0. The minimum Gasteiger partial charge on any atom is -0.368 e. The Morgan fingerprint density at radius 2 is 1.83 bits per heavy atom. The van der Waals surface area contributed by atoms with Crippen molar-refractivity contribution in [1.29, 1.82) is 0 Å². The van der Waals surface area contributed by atoms with Gasteiger partial charge in [0.1, 0.15) is 6.04 Å². The predicted molar refractivity (Wildman–Crippen MR) is 80.3 cm³/mol. The lowest BCUT2D eigenvalue weighted by molar-refractivity contribution is -0.137.